The lowest BCUT2D eigenvalue weighted by molar-refractivity contribution is -0.127. The fourth-order valence-electron chi connectivity index (χ4n) is 3.20. The molecule has 0 bridgehead atoms. The molecule has 0 aromatic heterocycles. The van der Waals surface area contributed by atoms with E-state index in [9.17, 15) is 4.79 Å². The molecule has 2 saturated heterocycles. The summed E-state index contributed by atoms with van der Waals surface area (Å²) in [5, 5.41) is 6.31. The van der Waals surface area contributed by atoms with Gasteiger partial charge >= 0.3 is 0 Å². The van der Waals surface area contributed by atoms with Gasteiger partial charge in [-0.2, -0.15) is 0 Å². The summed E-state index contributed by atoms with van der Waals surface area (Å²) >= 11 is 0. The van der Waals surface area contributed by atoms with Gasteiger partial charge in [0.15, 0.2) is 0 Å². The maximum atomic E-state index is 12.2. The summed E-state index contributed by atoms with van der Waals surface area (Å²) in [5.41, 5.74) is 0. The van der Waals surface area contributed by atoms with Crippen LogP contribution in [0.5, 0.6) is 0 Å². The molecule has 0 spiro atoms. The molecule has 2 fully saturated rings. The number of carbonyl (C=O) groups excluding carboxylic acids is 1. The maximum absolute atomic E-state index is 12.2. The van der Waals surface area contributed by atoms with Gasteiger partial charge in [0.1, 0.15) is 6.04 Å². The minimum atomic E-state index is 0.00538. The van der Waals surface area contributed by atoms with Crippen molar-refractivity contribution in [1.82, 2.24) is 20.4 Å². The smallest absolute Gasteiger partial charge is 0.238 e. The van der Waals surface area contributed by atoms with Crippen molar-refractivity contribution in [2.24, 2.45) is 0 Å². The molecule has 2 heterocycles. The molecule has 0 radical (unpaired) electrons. The van der Waals surface area contributed by atoms with E-state index in [2.05, 4.69) is 34.3 Å². The molecule has 2 unspecified atom stereocenters. The highest BCUT2D eigenvalue weighted by Gasteiger charge is 2.36. The average Bonchev–Trinajstić information content (AvgIpc) is 2.88. The lowest BCUT2D eigenvalue weighted by Crippen LogP contribution is -2.61. The minimum Gasteiger partial charge on any atom is -0.355 e. The van der Waals surface area contributed by atoms with Gasteiger partial charge in [-0.1, -0.05) is 0 Å². The zero-order valence-corrected chi connectivity index (χ0v) is 12.5. The fourth-order valence-corrected chi connectivity index (χ4v) is 3.20. The summed E-state index contributed by atoms with van der Waals surface area (Å²) in [6, 6.07) is 1.15. The highest BCUT2D eigenvalue weighted by Crippen LogP contribution is 2.20. The number of carbonyl (C=O) groups is 1. The second-order valence-electron chi connectivity index (χ2n) is 5.88. The highest BCUT2D eigenvalue weighted by atomic mass is 16.2. The van der Waals surface area contributed by atoms with E-state index < -0.39 is 0 Å². The molecule has 5 nitrogen and oxygen atoms in total. The van der Waals surface area contributed by atoms with Gasteiger partial charge in [-0.15, -0.1) is 0 Å². The number of nitrogens with zero attached hydrogens (tertiary/aromatic N) is 2. The van der Waals surface area contributed by atoms with Crippen LogP contribution in [0.15, 0.2) is 0 Å². The number of hydrogen-bond donors (Lipinski definition) is 2. The van der Waals surface area contributed by atoms with Crippen molar-refractivity contribution in [1.29, 1.82) is 0 Å². The van der Waals surface area contributed by atoms with E-state index in [4.69, 9.17) is 0 Å². The number of nitrogens with one attached hydrogen (secondary N) is 2. The van der Waals surface area contributed by atoms with Crippen molar-refractivity contribution < 1.29 is 4.79 Å². The normalized spacial score (nSPS) is 29.9. The van der Waals surface area contributed by atoms with Gasteiger partial charge in [-0.3, -0.25) is 14.6 Å². The third-order valence-corrected chi connectivity index (χ3v) is 4.33. The van der Waals surface area contributed by atoms with Crippen LogP contribution in [-0.4, -0.2) is 73.1 Å². The largest absolute Gasteiger partial charge is 0.355 e. The Morgan fingerprint density at radius 3 is 2.84 bits per heavy atom. The lowest BCUT2D eigenvalue weighted by Gasteiger charge is -2.39. The molecular weight excluding hydrogens is 240 g/mol. The summed E-state index contributed by atoms with van der Waals surface area (Å²) in [5.74, 6) is 0.178. The molecule has 0 aromatic carbocycles. The summed E-state index contributed by atoms with van der Waals surface area (Å²) in [7, 11) is 0. The van der Waals surface area contributed by atoms with Gasteiger partial charge in [0, 0.05) is 51.4 Å². The van der Waals surface area contributed by atoms with E-state index >= 15 is 0 Å². The van der Waals surface area contributed by atoms with Crippen molar-refractivity contribution in [3.8, 4) is 0 Å². The Morgan fingerprint density at radius 1 is 1.42 bits per heavy atom. The molecule has 5 heteroatoms. The predicted octanol–water partition coefficient (Wildman–Crippen LogP) is -0.121. The maximum Gasteiger partial charge on any atom is 0.238 e. The molecule has 110 valence electrons. The van der Waals surface area contributed by atoms with Crippen LogP contribution in [0.25, 0.3) is 0 Å². The van der Waals surface area contributed by atoms with Crippen LogP contribution in [0.4, 0.5) is 0 Å². The highest BCUT2D eigenvalue weighted by molar-refractivity contribution is 5.82. The molecule has 1 amide bonds. The van der Waals surface area contributed by atoms with Gasteiger partial charge in [-0.25, -0.2) is 0 Å². The van der Waals surface area contributed by atoms with Crippen LogP contribution < -0.4 is 10.6 Å². The molecule has 19 heavy (non-hydrogen) atoms. The predicted molar refractivity (Wildman–Crippen MR) is 77.2 cm³/mol. The quantitative estimate of drug-likeness (QED) is 0.746. The zero-order valence-electron chi connectivity index (χ0n) is 12.5. The van der Waals surface area contributed by atoms with E-state index in [1.54, 1.807) is 0 Å². The van der Waals surface area contributed by atoms with Crippen molar-refractivity contribution in [2.45, 2.75) is 45.3 Å². The first-order valence-corrected chi connectivity index (χ1v) is 7.61. The molecule has 2 atom stereocenters. The van der Waals surface area contributed by atoms with Crippen LogP contribution in [0.1, 0.15) is 27.2 Å². The van der Waals surface area contributed by atoms with E-state index in [0.717, 1.165) is 32.7 Å². The molecule has 2 rings (SSSR count). The van der Waals surface area contributed by atoms with E-state index in [-0.39, 0.29) is 11.9 Å². The fraction of sp³-hybridized carbons (Fsp3) is 0.929. The standard InChI is InChI=1S/C14H28N4O/c1-4-16-14(19)13-9-15-6-8-18(13)12-5-7-17(10-12)11(2)3/h11-13,15H,4-10H2,1-3H3,(H,16,19). The Bertz CT molecular complexity index is 308. The molecule has 2 aliphatic heterocycles. The van der Waals surface area contributed by atoms with Gasteiger partial charge in [-0.05, 0) is 27.2 Å². The second-order valence-corrected chi connectivity index (χ2v) is 5.88. The van der Waals surface area contributed by atoms with Crippen molar-refractivity contribution in [3.05, 3.63) is 0 Å². The first-order valence-electron chi connectivity index (χ1n) is 7.61. The van der Waals surface area contributed by atoms with Crippen LogP contribution in [0, 0.1) is 0 Å². The number of likely N-dealkylation sites (tertiary alicyclic amines) is 1. The Kier molecular flexibility index (Phi) is 5.19. The lowest BCUT2D eigenvalue weighted by atomic mass is 10.1. The first kappa shape index (κ1) is 14.8. The second kappa shape index (κ2) is 6.68. The number of rotatable bonds is 4. The Balaban J connectivity index is 1.98. The van der Waals surface area contributed by atoms with E-state index in [0.29, 0.717) is 18.6 Å². The third-order valence-electron chi connectivity index (χ3n) is 4.33. The molecule has 0 aliphatic carbocycles. The Hall–Kier alpha value is -0.650. The number of hydrogen-bond acceptors (Lipinski definition) is 4. The third kappa shape index (κ3) is 3.46. The average molecular weight is 268 g/mol. The van der Waals surface area contributed by atoms with Crippen LogP contribution in [0.3, 0.4) is 0 Å². The van der Waals surface area contributed by atoms with E-state index in [1.807, 2.05) is 6.92 Å². The number of piperazine rings is 1. The Morgan fingerprint density at radius 2 is 2.21 bits per heavy atom. The van der Waals surface area contributed by atoms with E-state index in [1.165, 1.54) is 6.42 Å². The monoisotopic (exact) mass is 268 g/mol. The van der Waals surface area contributed by atoms with Gasteiger partial charge in [0.2, 0.25) is 5.91 Å². The summed E-state index contributed by atoms with van der Waals surface area (Å²) in [6.07, 6.45) is 1.19. The SMILES string of the molecule is CCNC(=O)C1CNCCN1C1CCN(C(C)C)C1. The molecular formula is C14H28N4O. The van der Waals surface area contributed by atoms with Crippen LogP contribution in [0.2, 0.25) is 0 Å². The van der Waals surface area contributed by atoms with Crippen LogP contribution >= 0.6 is 0 Å². The molecule has 0 aromatic rings. The van der Waals surface area contributed by atoms with Crippen molar-refractivity contribution in [3.63, 3.8) is 0 Å². The number of likely N-dealkylation sites (N-methyl/N-ethyl adjacent to an activating group) is 1. The van der Waals surface area contributed by atoms with Gasteiger partial charge in [0.25, 0.3) is 0 Å². The minimum absolute atomic E-state index is 0.00538. The van der Waals surface area contributed by atoms with Crippen molar-refractivity contribution >= 4 is 5.91 Å². The molecule has 2 aliphatic rings. The first-order chi connectivity index (χ1) is 9.13. The van der Waals surface area contributed by atoms with Gasteiger partial charge in [0.05, 0.1) is 0 Å². The van der Waals surface area contributed by atoms with Gasteiger partial charge < -0.3 is 10.6 Å². The molecule has 0 saturated carbocycles. The summed E-state index contributed by atoms with van der Waals surface area (Å²) < 4.78 is 0. The number of amides is 1. The Labute approximate surface area is 116 Å². The zero-order chi connectivity index (χ0) is 13.8. The topological polar surface area (TPSA) is 47.6 Å². The van der Waals surface area contributed by atoms with Crippen LogP contribution in [-0.2, 0) is 4.79 Å². The summed E-state index contributed by atoms with van der Waals surface area (Å²) in [4.78, 5) is 17.1. The summed E-state index contributed by atoms with van der Waals surface area (Å²) in [6.45, 7) is 12.2. The molecule has 2 N–H and O–H groups in total. The van der Waals surface area contributed by atoms with Crippen molar-refractivity contribution in [2.75, 3.05) is 39.3 Å².